The van der Waals surface area contributed by atoms with Crippen LogP contribution in [-0.4, -0.2) is 15.8 Å². The van der Waals surface area contributed by atoms with Crippen LogP contribution >= 0.6 is 11.3 Å². The van der Waals surface area contributed by atoms with Crippen molar-refractivity contribution in [2.24, 2.45) is 4.99 Å². The maximum atomic E-state index is 9.89. The molecule has 106 valence electrons. The zero-order valence-corrected chi connectivity index (χ0v) is 13.2. The Labute approximate surface area is 124 Å². The number of nitrogens with zero attached hydrogens (tertiary/aromatic N) is 2. The largest absolute Gasteiger partial charge is 0.389 e. The molecule has 0 saturated heterocycles. The molecule has 1 atom stereocenters. The van der Waals surface area contributed by atoms with E-state index >= 15 is 0 Å². The van der Waals surface area contributed by atoms with E-state index in [1.165, 1.54) is 0 Å². The average Bonchev–Trinajstić information content (AvgIpc) is 2.94. The lowest BCUT2D eigenvalue weighted by molar-refractivity contribution is 0.199. The number of thiazole rings is 1. The van der Waals surface area contributed by atoms with Crippen LogP contribution in [0.3, 0.4) is 0 Å². The van der Waals surface area contributed by atoms with Crippen molar-refractivity contribution in [3.63, 3.8) is 0 Å². The molecule has 0 bridgehead atoms. The molecule has 3 nitrogen and oxygen atoms in total. The molecule has 1 aromatic carbocycles. The van der Waals surface area contributed by atoms with Gasteiger partial charge in [-0.25, -0.2) is 4.98 Å². The summed E-state index contributed by atoms with van der Waals surface area (Å²) in [5.74, 6) is 0. The molecule has 0 aliphatic carbocycles. The van der Waals surface area contributed by atoms with Gasteiger partial charge in [-0.3, -0.25) is 4.99 Å². The Bertz CT molecular complexity index is 616. The minimum Gasteiger partial charge on any atom is -0.389 e. The van der Waals surface area contributed by atoms with Crippen molar-refractivity contribution in [3.05, 3.63) is 34.8 Å². The van der Waals surface area contributed by atoms with Gasteiger partial charge in [-0.15, -0.1) is 11.3 Å². The number of hydrogen-bond donors (Lipinski definition) is 1. The van der Waals surface area contributed by atoms with Crippen molar-refractivity contribution in [2.45, 2.75) is 40.2 Å². The quantitative estimate of drug-likeness (QED) is 0.831. The highest BCUT2D eigenvalue weighted by molar-refractivity contribution is 7.13. The normalized spacial score (nSPS) is 13.6. The summed E-state index contributed by atoms with van der Waals surface area (Å²) in [5.41, 5.74) is 5.05. The van der Waals surface area contributed by atoms with Crippen LogP contribution < -0.4 is 0 Å². The van der Waals surface area contributed by atoms with Crippen LogP contribution in [0.2, 0.25) is 0 Å². The summed E-state index contributed by atoms with van der Waals surface area (Å²) < 4.78 is 0. The van der Waals surface area contributed by atoms with Crippen molar-refractivity contribution in [1.82, 2.24) is 4.98 Å². The Hall–Kier alpha value is -1.52. The fraction of sp³-hybridized carbons (Fsp3) is 0.375. The van der Waals surface area contributed by atoms with Gasteiger partial charge in [-0.05, 0) is 50.5 Å². The number of aliphatic hydroxyl groups excluding tert-OH is 1. The van der Waals surface area contributed by atoms with E-state index < -0.39 is 6.10 Å². The molecule has 0 saturated carbocycles. The van der Waals surface area contributed by atoms with Gasteiger partial charge in [0.15, 0.2) is 0 Å². The summed E-state index contributed by atoms with van der Waals surface area (Å²) in [6, 6.07) is 3.98. The highest BCUT2D eigenvalue weighted by Crippen LogP contribution is 2.35. The van der Waals surface area contributed by atoms with E-state index in [1.54, 1.807) is 24.5 Å². The Kier molecular flexibility index (Phi) is 4.68. The van der Waals surface area contributed by atoms with Gasteiger partial charge in [0.1, 0.15) is 5.01 Å². The van der Waals surface area contributed by atoms with E-state index in [-0.39, 0.29) is 0 Å². The first kappa shape index (κ1) is 14.9. The lowest BCUT2D eigenvalue weighted by Gasteiger charge is -2.13. The van der Waals surface area contributed by atoms with Crippen LogP contribution in [0, 0.1) is 6.92 Å². The number of hydrogen-bond acceptors (Lipinski definition) is 4. The van der Waals surface area contributed by atoms with Gasteiger partial charge in [-0.2, -0.15) is 0 Å². The van der Waals surface area contributed by atoms with Crippen molar-refractivity contribution >= 4 is 22.7 Å². The van der Waals surface area contributed by atoms with Crippen LogP contribution in [0.15, 0.2) is 28.7 Å². The highest BCUT2D eigenvalue weighted by atomic mass is 32.1. The molecule has 0 aliphatic rings. The summed E-state index contributed by atoms with van der Waals surface area (Å²) in [6.45, 7) is 7.95. The SMILES string of the molecule is CCC(C)=Nc1cc(C(C)O)cc(-c2nccs2)c1C. The minimum absolute atomic E-state index is 0.509. The summed E-state index contributed by atoms with van der Waals surface area (Å²) in [5, 5.41) is 12.8. The van der Waals surface area contributed by atoms with E-state index in [2.05, 4.69) is 23.8 Å². The van der Waals surface area contributed by atoms with Crippen LogP contribution in [0.25, 0.3) is 10.6 Å². The molecule has 0 spiro atoms. The Balaban J connectivity index is 2.63. The van der Waals surface area contributed by atoms with Gasteiger partial charge in [-0.1, -0.05) is 6.92 Å². The third-order valence-electron chi connectivity index (χ3n) is 3.37. The second kappa shape index (κ2) is 6.29. The van der Waals surface area contributed by atoms with Gasteiger partial charge in [0.2, 0.25) is 0 Å². The zero-order valence-electron chi connectivity index (χ0n) is 12.3. The smallest absolute Gasteiger partial charge is 0.123 e. The molecule has 4 heteroatoms. The molecule has 1 heterocycles. The van der Waals surface area contributed by atoms with E-state index in [1.807, 2.05) is 24.4 Å². The first-order chi connectivity index (χ1) is 9.52. The van der Waals surface area contributed by atoms with Crippen LogP contribution in [0.4, 0.5) is 5.69 Å². The fourth-order valence-electron chi connectivity index (χ4n) is 1.94. The third kappa shape index (κ3) is 3.14. The topological polar surface area (TPSA) is 45.5 Å². The lowest BCUT2D eigenvalue weighted by atomic mass is 10.0. The van der Waals surface area contributed by atoms with Crippen molar-refractivity contribution in [3.8, 4) is 10.6 Å². The second-order valence-corrected chi connectivity index (χ2v) is 5.82. The van der Waals surface area contributed by atoms with Crippen molar-refractivity contribution < 1.29 is 5.11 Å². The molecule has 1 unspecified atom stereocenters. The molecule has 1 N–H and O–H groups in total. The molecule has 1 aromatic heterocycles. The number of benzene rings is 1. The first-order valence-electron chi connectivity index (χ1n) is 6.79. The molecular weight excluding hydrogens is 268 g/mol. The molecule has 2 rings (SSSR count). The van der Waals surface area contributed by atoms with Gasteiger partial charge < -0.3 is 5.11 Å². The van der Waals surface area contributed by atoms with Crippen molar-refractivity contribution in [1.29, 1.82) is 0 Å². The monoisotopic (exact) mass is 288 g/mol. The molecule has 0 fully saturated rings. The summed E-state index contributed by atoms with van der Waals surface area (Å²) in [7, 11) is 0. The van der Waals surface area contributed by atoms with E-state index in [9.17, 15) is 5.11 Å². The maximum absolute atomic E-state index is 9.89. The Morgan fingerprint density at radius 2 is 2.20 bits per heavy atom. The molecule has 0 aliphatic heterocycles. The molecule has 0 amide bonds. The first-order valence-corrected chi connectivity index (χ1v) is 7.67. The highest BCUT2D eigenvalue weighted by Gasteiger charge is 2.13. The lowest BCUT2D eigenvalue weighted by Crippen LogP contribution is -1.95. The Morgan fingerprint density at radius 1 is 1.45 bits per heavy atom. The minimum atomic E-state index is -0.509. The second-order valence-electron chi connectivity index (χ2n) is 4.93. The summed E-state index contributed by atoms with van der Waals surface area (Å²) in [4.78, 5) is 9.05. The Morgan fingerprint density at radius 3 is 2.75 bits per heavy atom. The van der Waals surface area contributed by atoms with Crippen molar-refractivity contribution in [2.75, 3.05) is 0 Å². The molecular formula is C16H20N2OS. The van der Waals surface area contributed by atoms with Gasteiger partial charge in [0.25, 0.3) is 0 Å². The molecule has 20 heavy (non-hydrogen) atoms. The van der Waals surface area contributed by atoms with Crippen LogP contribution in [-0.2, 0) is 0 Å². The molecule has 2 aromatic rings. The predicted octanol–water partition coefficient (Wildman–Crippen LogP) is 4.67. The number of aliphatic hydroxyl groups is 1. The third-order valence-corrected chi connectivity index (χ3v) is 4.18. The zero-order chi connectivity index (χ0) is 14.7. The van der Waals surface area contributed by atoms with Crippen LogP contribution in [0.5, 0.6) is 0 Å². The summed E-state index contributed by atoms with van der Waals surface area (Å²) >= 11 is 1.60. The number of aromatic nitrogens is 1. The predicted molar refractivity (Wildman–Crippen MR) is 86.0 cm³/mol. The standard InChI is InChI=1S/C16H20N2OS/c1-5-10(2)18-15-9-13(12(4)19)8-14(11(15)3)16-17-6-7-20-16/h6-9,12,19H,5H2,1-4H3. The van der Waals surface area contributed by atoms with Gasteiger partial charge >= 0.3 is 0 Å². The maximum Gasteiger partial charge on any atom is 0.123 e. The molecule has 0 radical (unpaired) electrons. The van der Waals surface area contributed by atoms with Crippen LogP contribution in [0.1, 0.15) is 44.4 Å². The van der Waals surface area contributed by atoms with Gasteiger partial charge in [0, 0.05) is 22.9 Å². The van der Waals surface area contributed by atoms with E-state index in [0.29, 0.717) is 0 Å². The average molecular weight is 288 g/mol. The summed E-state index contributed by atoms with van der Waals surface area (Å²) in [6.07, 6.45) is 2.21. The fourth-order valence-corrected chi connectivity index (χ4v) is 2.65. The van der Waals surface area contributed by atoms with E-state index in [0.717, 1.165) is 39.5 Å². The number of aliphatic imine (C=N–C) groups is 1. The van der Waals surface area contributed by atoms with E-state index in [4.69, 9.17) is 0 Å². The van der Waals surface area contributed by atoms with Gasteiger partial charge in [0.05, 0.1) is 11.8 Å². The number of rotatable bonds is 4.